The summed E-state index contributed by atoms with van der Waals surface area (Å²) in [6, 6.07) is 17.3. The second-order valence-corrected chi connectivity index (χ2v) is 6.34. The molecule has 1 amide bonds. The number of ether oxygens (including phenoxy) is 1. The van der Waals surface area contributed by atoms with Gasteiger partial charge in [0, 0.05) is 24.6 Å². The quantitative estimate of drug-likeness (QED) is 0.919. The topological polar surface area (TPSA) is 49.8 Å². The zero-order chi connectivity index (χ0) is 16.9. The van der Waals surface area contributed by atoms with Gasteiger partial charge in [-0.25, -0.2) is 0 Å². The van der Waals surface area contributed by atoms with Crippen LogP contribution in [0.2, 0.25) is 0 Å². The Kier molecular flexibility index (Phi) is 5.16. The molecule has 1 aliphatic heterocycles. The maximum absolute atomic E-state index is 12.6. The minimum absolute atomic E-state index is 0.00307. The predicted molar refractivity (Wildman–Crippen MR) is 92.9 cm³/mol. The van der Waals surface area contributed by atoms with Gasteiger partial charge in [0.1, 0.15) is 12.4 Å². The molecule has 2 unspecified atom stereocenters. The number of carbonyl (C=O) groups is 1. The molecule has 2 aromatic rings. The van der Waals surface area contributed by atoms with Crippen molar-refractivity contribution in [1.82, 2.24) is 4.90 Å². The molecule has 0 spiro atoms. The zero-order valence-corrected chi connectivity index (χ0v) is 13.9. The number of carbonyl (C=O) groups excluding carboxylic acids is 1. The number of benzene rings is 2. The molecule has 1 fully saturated rings. The smallest absolute Gasteiger partial charge is 0.253 e. The monoisotopic (exact) mass is 325 g/mol. The van der Waals surface area contributed by atoms with E-state index < -0.39 is 0 Å². The van der Waals surface area contributed by atoms with Gasteiger partial charge in [-0.2, -0.15) is 0 Å². The van der Waals surface area contributed by atoms with Crippen LogP contribution in [0.4, 0.5) is 0 Å². The molecule has 0 saturated carbocycles. The second kappa shape index (κ2) is 7.49. The highest BCUT2D eigenvalue weighted by molar-refractivity contribution is 5.94. The van der Waals surface area contributed by atoms with Crippen molar-refractivity contribution in [3.8, 4) is 5.75 Å². The van der Waals surface area contributed by atoms with Gasteiger partial charge in [-0.3, -0.25) is 4.79 Å². The fourth-order valence-electron chi connectivity index (χ4n) is 3.01. The van der Waals surface area contributed by atoms with Crippen LogP contribution in [0.5, 0.6) is 5.75 Å². The van der Waals surface area contributed by atoms with E-state index in [2.05, 4.69) is 0 Å². The Labute approximate surface area is 142 Å². The number of hydrogen-bond donors (Lipinski definition) is 1. The number of rotatable bonds is 5. The van der Waals surface area contributed by atoms with E-state index in [0.717, 1.165) is 12.0 Å². The molecule has 1 aliphatic rings. The number of nitrogens with zero attached hydrogens (tertiary/aromatic N) is 1. The van der Waals surface area contributed by atoms with Gasteiger partial charge in [-0.05, 0) is 37.1 Å². The Morgan fingerprint density at radius 3 is 2.75 bits per heavy atom. The molecule has 0 aromatic heterocycles. The summed E-state index contributed by atoms with van der Waals surface area (Å²) in [6.07, 6.45) is 0.483. The maximum Gasteiger partial charge on any atom is 0.253 e. The summed E-state index contributed by atoms with van der Waals surface area (Å²) in [4.78, 5) is 14.4. The van der Waals surface area contributed by atoms with Crippen LogP contribution in [0, 0.1) is 5.92 Å². The summed E-state index contributed by atoms with van der Waals surface area (Å²) in [6.45, 7) is 3.58. The van der Waals surface area contributed by atoms with E-state index in [9.17, 15) is 9.90 Å². The van der Waals surface area contributed by atoms with Crippen LogP contribution in [0.1, 0.15) is 29.3 Å². The fourth-order valence-corrected chi connectivity index (χ4v) is 3.01. The third-order valence-corrected chi connectivity index (χ3v) is 4.52. The number of hydrogen-bond acceptors (Lipinski definition) is 3. The van der Waals surface area contributed by atoms with Crippen molar-refractivity contribution in [2.24, 2.45) is 5.92 Å². The van der Waals surface area contributed by atoms with Crippen LogP contribution >= 0.6 is 0 Å². The molecule has 4 nitrogen and oxygen atoms in total. The summed E-state index contributed by atoms with van der Waals surface area (Å²) in [5, 5.41) is 9.69. The van der Waals surface area contributed by atoms with Gasteiger partial charge < -0.3 is 14.7 Å². The van der Waals surface area contributed by atoms with Crippen molar-refractivity contribution in [3.63, 3.8) is 0 Å². The molecule has 126 valence electrons. The lowest BCUT2D eigenvalue weighted by Gasteiger charge is -2.18. The van der Waals surface area contributed by atoms with E-state index in [-0.39, 0.29) is 17.9 Å². The molecule has 1 N–H and O–H groups in total. The fraction of sp³-hybridized carbons (Fsp3) is 0.350. The molecule has 0 bridgehead atoms. The van der Waals surface area contributed by atoms with Crippen LogP contribution in [0.15, 0.2) is 54.6 Å². The third-order valence-electron chi connectivity index (χ3n) is 4.52. The van der Waals surface area contributed by atoms with Crippen LogP contribution < -0.4 is 4.74 Å². The van der Waals surface area contributed by atoms with Crippen molar-refractivity contribution in [3.05, 3.63) is 65.7 Å². The Morgan fingerprint density at radius 1 is 1.25 bits per heavy atom. The number of aliphatic hydroxyl groups is 1. The number of likely N-dealkylation sites (tertiary alicyclic amines) is 1. The highest BCUT2D eigenvalue weighted by Gasteiger charge is 2.29. The lowest BCUT2D eigenvalue weighted by Crippen LogP contribution is -2.30. The second-order valence-electron chi connectivity index (χ2n) is 6.34. The summed E-state index contributed by atoms with van der Waals surface area (Å²) in [5.41, 5.74) is 1.72. The van der Waals surface area contributed by atoms with E-state index in [1.54, 1.807) is 13.0 Å². The highest BCUT2D eigenvalue weighted by Crippen LogP contribution is 2.23. The van der Waals surface area contributed by atoms with Crippen molar-refractivity contribution >= 4 is 5.91 Å². The van der Waals surface area contributed by atoms with Crippen LogP contribution in [-0.2, 0) is 6.61 Å². The Hall–Kier alpha value is -2.33. The molecule has 2 aromatic carbocycles. The first-order chi connectivity index (χ1) is 11.6. The first-order valence-corrected chi connectivity index (χ1v) is 8.37. The van der Waals surface area contributed by atoms with Crippen molar-refractivity contribution in [1.29, 1.82) is 0 Å². The molecule has 3 rings (SSSR count). The Morgan fingerprint density at radius 2 is 2.04 bits per heavy atom. The third kappa shape index (κ3) is 3.95. The van der Waals surface area contributed by atoms with Crippen LogP contribution in [-0.4, -0.2) is 35.1 Å². The average Bonchev–Trinajstić information content (AvgIpc) is 3.11. The molecule has 24 heavy (non-hydrogen) atoms. The van der Waals surface area contributed by atoms with Crippen molar-refractivity contribution in [2.45, 2.75) is 26.1 Å². The number of aliphatic hydroxyl groups excluding tert-OH is 1. The van der Waals surface area contributed by atoms with Gasteiger partial charge in [0.05, 0.1) is 6.10 Å². The van der Waals surface area contributed by atoms with Gasteiger partial charge in [-0.1, -0.05) is 36.4 Å². The van der Waals surface area contributed by atoms with Crippen molar-refractivity contribution in [2.75, 3.05) is 13.1 Å². The van der Waals surface area contributed by atoms with E-state index in [4.69, 9.17) is 4.74 Å². The summed E-state index contributed by atoms with van der Waals surface area (Å²) >= 11 is 0. The van der Waals surface area contributed by atoms with E-state index in [1.807, 2.05) is 53.4 Å². The summed E-state index contributed by atoms with van der Waals surface area (Å²) in [5.74, 6) is 0.866. The lowest BCUT2D eigenvalue weighted by molar-refractivity contribution is 0.0762. The Bertz CT molecular complexity index is 684. The van der Waals surface area contributed by atoms with E-state index >= 15 is 0 Å². The minimum atomic E-state index is -0.372. The first kappa shape index (κ1) is 16.5. The molecule has 2 atom stereocenters. The van der Waals surface area contributed by atoms with E-state index in [0.29, 0.717) is 31.0 Å². The van der Waals surface area contributed by atoms with E-state index in [1.165, 1.54) is 0 Å². The molecule has 1 heterocycles. The average molecular weight is 325 g/mol. The predicted octanol–water partition coefficient (Wildman–Crippen LogP) is 3.11. The summed E-state index contributed by atoms with van der Waals surface area (Å²) in [7, 11) is 0. The molecule has 1 saturated heterocycles. The van der Waals surface area contributed by atoms with Gasteiger partial charge in [0.25, 0.3) is 5.91 Å². The van der Waals surface area contributed by atoms with Crippen molar-refractivity contribution < 1.29 is 14.6 Å². The molecule has 4 heteroatoms. The highest BCUT2D eigenvalue weighted by atomic mass is 16.5. The zero-order valence-electron chi connectivity index (χ0n) is 13.9. The van der Waals surface area contributed by atoms with Crippen LogP contribution in [0.25, 0.3) is 0 Å². The largest absolute Gasteiger partial charge is 0.489 e. The SMILES string of the molecule is CC(O)C1CCN(C(=O)c2cccc(OCc3ccccc3)c2)C1. The van der Waals surface area contributed by atoms with Crippen LogP contribution in [0.3, 0.4) is 0 Å². The maximum atomic E-state index is 12.6. The number of amides is 1. The van der Waals surface area contributed by atoms with Gasteiger partial charge in [0.2, 0.25) is 0 Å². The normalized spacial score (nSPS) is 18.4. The summed E-state index contributed by atoms with van der Waals surface area (Å²) < 4.78 is 5.79. The Balaban J connectivity index is 1.63. The van der Waals surface area contributed by atoms with Gasteiger partial charge >= 0.3 is 0 Å². The minimum Gasteiger partial charge on any atom is -0.489 e. The lowest BCUT2D eigenvalue weighted by atomic mass is 10.0. The standard InChI is InChI=1S/C20H23NO3/c1-15(22)18-10-11-21(13-18)20(23)17-8-5-9-19(12-17)24-14-16-6-3-2-4-7-16/h2-9,12,15,18,22H,10-11,13-14H2,1H3. The molecular weight excluding hydrogens is 302 g/mol. The first-order valence-electron chi connectivity index (χ1n) is 8.37. The molecule has 0 aliphatic carbocycles. The molecular formula is C20H23NO3. The van der Waals surface area contributed by atoms with Gasteiger partial charge in [0.15, 0.2) is 0 Å². The molecule has 0 radical (unpaired) electrons. The van der Waals surface area contributed by atoms with Gasteiger partial charge in [-0.15, -0.1) is 0 Å².